The second-order valence-corrected chi connectivity index (χ2v) is 9.01. The van der Waals surface area contributed by atoms with Crippen LogP contribution in [0, 0.1) is 11.8 Å². The van der Waals surface area contributed by atoms with E-state index in [0.717, 1.165) is 17.7 Å². The summed E-state index contributed by atoms with van der Waals surface area (Å²) in [4.78, 5) is 50.2. The van der Waals surface area contributed by atoms with Gasteiger partial charge in [0.1, 0.15) is 6.04 Å². The van der Waals surface area contributed by atoms with Crippen LogP contribution in [0.15, 0.2) is 29.2 Å². The molecule has 1 heterocycles. The van der Waals surface area contributed by atoms with Crippen molar-refractivity contribution in [3.05, 3.63) is 24.3 Å². The largest absolute Gasteiger partial charge is 0.454 e. The normalized spacial score (nSPS) is 22.4. The molecule has 11 heteroatoms. The Morgan fingerprint density at radius 3 is 2.17 bits per heavy atom. The molecule has 3 amide bonds. The first-order chi connectivity index (χ1) is 14.1. The van der Waals surface area contributed by atoms with Crippen LogP contribution in [-0.2, 0) is 33.9 Å². The highest BCUT2D eigenvalue weighted by Crippen LogP contribution is 2.38. The van der Waals surface area contributed by atoms with Crippen molar-refractivity contribution in [3.63, 3.8) is 0 Å². The molecule has 30 heavy (non-hydrogen) atoms. The van der Waals surface area contributed by atoms with Crippen LogP contribution in [0.1, 0.15) is 32.6 Å². The standard InChI is InChI=1S/C19H23N3O7S/c1-11(22-17(24)14-4-2-3-5-15(14)18(22)25)19(26)29-10-16(23)21-12-6-8-13(9-7-12)30(20,27)28/h6-9,11,14-15H,2-5,10H2,1H3,(H,21,23)(H2,20,27,28). The van der Waals surface area contributed by atoms with Crippen LogP contribution in [0.4, 0.5) is 5.69 Å². The maximum absolute atomic E-state index is 12.5. The number of amides is 3. The molecule has 1 aliphatic carbocycles. The van der Waals surface area contributed by atoms with Crippen LogP contribution < -0.4 is 10.5 Å². The monoisotopic (exact) mass is 437 g/mol. The van der Waals surface area contributed by atoms with Crippen LogP contribution in [0.25, 0.3) is 0 Å². The average molecular weight is 437 g/mol. The third-order valence-corrected chi connectivity index (χ3v) is 6.34. The molecule has 162 valence electrons. The number of hydrogen-bond donors (Lipinski definition) is 2. The van der Waals surface area contributed by atoms with E-state index in [2.05, 4.69) is 5.32 Å². The van der Waals surface area contributed by atoms with Gasteiger partial charge in [-0.25, -0.2) is 18.4 Å². The number of carbonyl (C=O) groups is 4. The Bertz CT molecular complexity index is 950. The smallest absolute Gasteiger partial charge is 0.329 e. The Kier molecular flexibility index (Phi) is 6.22. The maximum Gasteiger partial charge on any atom is 0.329 e. The molecule has 2 aliphatic rings. The Hall–Kier alpha value is -2.79. The minimum atomic E-state index is -3.85. The minimum Gasteiger partial charge on any atom is -0.454 e. The molecule has 0 radical (unpaired) electrons. The highest BCUT2D eigenvalue weighted by Gasteiger charge is 2.51. The first-order valence-corrected chi connectivity index (χ1v) is 11.1. The van der Waals surface area contributed by atoms with Gasteiger partial charge in [0.15, 0.2) is 6.61 Å². The zero-order valence-corrected chi connectivity index (χ0v) is 17.2. The van der Waals surface area contributed by atoms with Crippen molar-refractivity contribution in [2.45, 2.75) is 43.5 Å². The number of esters is 1. The van der Waals surface area contributed by atoms with Gasteiger partial charge in [0.2, 0.25) is 21.8 Å². The van der Waals surface area contributed by atoms with E-state index in [1.807, 2.05) is 0 Å². The summed E-state index contributed by atoms with van der Waals surface area (Å²) in [5, 5.41) is 7.45. The summed E-state index contributed by atoms with van der Waals surface area (Å²) in [7, 11) is -3.85. The van der Waals surface area contributed by atoms with Crippen molar-refractivity contribution in [1.82, 2.24) is 4.90 Å². The summed E-state index contributed by atoms with van der Waals surface area (Å²) >= 11 is 0. The summed E-state index contributed by atoms with van der Waals surface area (Å²) in [6.07, 6.45) is 3.04. The number of nitrogens with zero attached hydrogens (tertiary/aromatic N) is 1. The van der Waals surface area contributed by atoms with Crippen LogP contribution >= 0.6 is 0 Å². The second-order valence-electron chi connectivity index (χ2n) is 7.45. The molecule has 3 unspecified atom stereocenters. The van der Waals surface area contributed by atoms with Crippen molar-refractivity contribution in [2.24, 2.45) is 17.0 Å². The molecule has 1 saturated carbocycles. The third-order valence-electron chi connectivity index (χ3n) is 5.42. The fourth-order valence-corrected chi connectivity index (χ4v) is 4.37. The van der Waals surface area contributed by atoms with Gasteiger partial charge in [0.05, 0.1) is 16.7 Å². The van der Waals surface area contributed by atoms with E-state index in [9.17, 15) is 27.6 Å². The van der Waals surface area contributed by atoms with E-state index in [0.29, 0.717) is 12.8 Å². The molecular weight excluding hydrogens is 414 g/mol. The van der Waals surface area contributed by atoms with Gasteiger partial charge in [-0.15, -0.1) is 0 Å². The highest BCUT2D eigenvalue weighted by molar-refractivity contribution is 7.89. The van der Waals surface area contributed by atoms with Gasteiger partial charge in [-0.05, 0) is 44.0 Å². The van der Waals surface area contributed by atoms with Crippen molar-refractivity contribution < 1.29 is 32.3 Å². The molecular formula is C19H23N3O7S. The number of nitrogens with one attached hydrogen (secondary N) is 1. The molecule has 1 aliphatic heterocycles. The third kappa shape index (κ3) is 4.51. The van der Waals surface area contributed by atoms with Crippen LogP contribution in [0.3, 0.4) is 0 Å². The molecule has 3 atom stereocenters. The lowest BCUT2D eigenvalue weighted by atomic mass is 9.81. The number of anilines is 1. The maximum atomic E-state index is 12.5. The molecule has 1 saturated heterocycles. The lowest BCUT2D eigenvalue weighted by molar-refractivity contribution is -0.159. The van der Waals surface area contributed by atoms with E-state index in [4.69, 9.17) is 9.88 Å². The van der Waals surface area contributed by atoms with Crippen molar-refractivity contribution in [1.29, 1.82) is 0 Å². The average Bonchev–Trinajstić information content (AvgIpc) is 2.96. The molecule has 1 aromatic rings. The SMILES string of the molecule is CC(C(=O)OCC(=O)Nc1ccc(S(N)(=O)=O)cc1)N1C(=O)C2CCCCC2C1=O. The number of likely N-dealkylation sites (tertiary alicyclic amines) is 1. The fraction of sp³-hybridized carbons (Fsp3) is 0.474. The number of hydrogen-bond acceptors (Lipinski definition) is 7. The predicted molar refractivity (Wildman–Crippen MR) is 104 cm³/mol. The topological polar surface area (TPSA) is 153 Å². The number of rotatable bonds is 6. The lowest BCUT2D eigenvalue weighted by Crippen LogP contribution is -2.45. The van der Waals surface area contributed by atoms with Gasteiger partial charge >= 0.3 is 5.97 Å². The van der Waals surface area contributed by atoms with Gasteiger partial charge in [-0.3, -0.25) is 19.3 Å². The Morgan fingerprint density at radius 2 is 1.67 bits per heavy atom. The molecule has 1 aromatic carbocycles. The number of primary sulfonamides is 1. The van der Waals surface area contributed by atoms with Crippen LogP contribution in [-0.4, -0.2) is 49.7 Å². The Labute approximate surface area is 173 Å². The van der Waals surface area contributed by atoms with Gasteiger partial charge < -0.3 is 10.1 Å². The first-order valence-electron chi connectivity index (χ1n) is 9.56. The molecule has 2 fully saturated rings. The minimum absolute atomic E-state index is 0.110. The number of ether oxygens (including phenoxy) is 1. The van der Waals surface area contributed by atoms with Crippen LogP contribution in [0.5, 0.6) is 0 Å². The summed E-state index contributed by atoms with van der Waals surface area (Å²) in [5.41, 5.74) is 0.283. The van der Waals surface area contributed by atoms with E-state index < -0.39 is 34.5 Å². The highest BCUT2D eigenvalue weighted by atomic mass is 32.2. The number of nitrogens with two attached hydrogens (primary N) is 1. The van der Waals surface area contributed by atoms with E-state index in [1.165, 1.54) is 31.2 Å². The molecule has 0 aromatic heterocycles. The zero-order chi connectivity index (χ0) is 22.1. The number of carbonyl (C=O) groups excluding carboxylic acids is 4. The van der Waals surface area contributed by atoms with Gasteiger partial charge in [-0.2, -0.15) is 0 Å². The van der Waals surface area contributed by atoms with E-state index >= 15 is 0 Å². The number of sulfonamides is 1. The fourth-order valence-electron chi connectivity index (χ4n) is 3.86. The van der Waals surface area contributed by atoms with Gasteiger partial charge in [0.25, 0.3) is 5.91 Å². The van der Waals surface area contributed by atoms with Crippen molar-refractivity contribution in [3.8, 4) is 0 Å². The lowest BCUT2D eigenvalue weighted by Gasteiger charge is -2.21. The Morgan fingerprint density at radius 1 is 1.13 bits per heavy atom. The number of fused-ring (bicyclic) bond motifs is 1. The quantitative estimate of drug-likeness (QED) is 0.482. The number of benzene rings is 1. The molecule has 3 rings (SSSR count). The first kappa shape index (κ1) is 21.9. The van der Waals surface area contributed by atoms with E-state index in [1.54, 1.807) is 0 Å². The number of imide groups is 1. The summed E-state index contributed by atoms with van der Waals surface area (Å²) in [6.45, 7) is 0.780. The zero-order valence-electron chi connectivity index (χ0n) is 16.4. The Balaban J connectivity index is 1.54. The molecule has 3 N–H and O–H groups in total. The van der Waals surface area contributed by atoms with Crippen molar-refractivity contribution >= 4 is 39.4 Å². The predicted octanol–water partition coefficient (Wildman–Crippen LogP) is 0.379. The van der Waals surface area contributed by atoms with Gasteiger partial charge in [-0.1, -0.05) is 12.8 Å². The van der Waals surface area contributed by atoms with Crippen molar-refractivity contribution in [2.75, 3.05) is 11.9 Å². The summed E-state index contributed by atoms with van der Waals surface area (Å²) in [5.74, 6) is -2.96. The van der Waals surface area contributed by atoms with Gasteiger partial charge in [0, 0.05) is 5.69 Å². The molecule has 0 bridgehead atoms. The molecule has 0 spiro atoms. The second kappa shape index (κ2) is 8.52. The van der Waals surface area contributed by atoms with Crippen LogP contribution in [0.2, 0.25) is 0 Å². The van der Waals surface area contributed by atoms with E-state index in [-0.39, 0.29) is 34.2 Å². The summed E-state index contributed by atoms with van der Waals surface area (Å²) < 4.78 is 27.4. The molecule has 10 nitrogen and oxygen atoms in total. The summed E-state index contributed by atoms with van der Waals surface area (Å²) in [6, 6.07) is 4.01.